The Hall–Kier alpha value is -2.87. The molecule has 0 aromatic rings. The highest BCUT2D eigenvalue weighted by Crippen LogP contribution is 2.05. The summed E-state index contributed by atoms with van der Waals surface area (Å²) in [5.74, 6) is -5.96. The number of rotatable bonds is 14. The van der Waals surface area contributed by atoms with Crippen LogP contribution in [0.25, 0.3) is 0 Å². The van der Waals surface area contributed by atoms with Crippen molar-refractivity contribution in [1.82, 2.24) is 16.0 Å². The van der Waals surface area contributed by atoms with Gasteiger partial charge in [0.15, 0.2) is 0 Å². The molecule has 4 atom stereocenters. The Labute approximate surface area is 184 Å². The minimum absolute atomic E-state index is 0.00822. The Bertz CT molecular complexity index is 702. The molecule has 0 aliphatic carbocycles. The first-order valence-electron chi connectivity index (χ1n) is 9.37. The van der Waals surface area contributed by atoms with Crippen LogP contribution in [0.15, 0.2) is 0 Å². The molecule has 10 N–H and O–H groups in total. The SMILES string of the molecule is CC(C)C(NC(=O)C(N)CCC(N)=O)C(=O)NC(CS)C(=O)NC(CC(N)=O)C(=O)O. The molecule has 176 valence electrons. The zero-order chi connectivity index (χ0) is 24.3. The van der Waals surface area contributed by atoms with E-state index in [2.05, 4.69) is 28.6 Å². The van der Waals surface area contributed by atoms with Gasteiger partial charge in [-0.3, -0.25) is 24.0 Å². The normalized spacial score (nSPS) is 14.6. The molecule has 0 aliphatic rings. The van der Waals surface area contributed by atoms with Gasteiger partial charge < -0.3 is 38.3 Å². The fourth-order valence-corrected chi connectivity index (χ4v) is 2.61. The number of carboxylic acid groups (broad SMARTS) is 1. The maximum atomic E-state index is 12.6. The Morgan fingerprint density at radius 2 is 1.42 bits per heavy atom. The molecule has 14 heteroatoms. The zero-order valence-electron chi connectivity index (χ0n) is 17.3. The summed E-state index contributed by atoms with van der Waals surface area (Å²) < 4.78 is 0. The topological polar surface area (TPSA) is 237 Å². The number of carbonyl (C=O) groups excluding carboxylic acids is 5. The molecular weight excluding hydrogens is 432 g/mol. The predicted octanol–water partition coefficient (Wildman–Crippen LogP) is -3.42. The summed E-state index contributed by atoms with van der Waals surface area (Å²) in [7, 11) is 0. The number of nitrogens with two attached hydrogens (primary N) is 3. The van der Waals surface area contributed by atoms with Crippen LogP contribution < -0.4 is 33.2 Å². The van der Waals surface area contributed by atoms with Crippen molar-refractivity contribution in [3.63, 3.8) is 0 Å². The molecule has 0 saturated carbocycles. The van der Waals surface area contributed by atoms with Crippen LogP contribution in [-0.4, -0.2) is 70.5 Å². The van der Waals surface area contributed by atoms with Crippen LogP contribution in [0.3, 0.4) is 0 Å². The smallest absolute Gasteiger partial charge is 0.326 e. The van der Waals surface area contributed by atoms with Crippen molar-refractivity contribution in [3.05, 3.63) is 0 Å². The fourth-order valence-electron chi connectivity index (χ4n) is 2.35. The first kappa shape index (κ1) is 28.1. The lowest BCUT2D eigenvalue weighted by Gasteiger charge is -2.26. The number of hydrogen-bond acceptors (Lipinski definition) is 8. The van der Waals surface area contributed by atoms with Crippen LogP contribution in [0.5, 0.6) is 0 Å². The first-order valence-corrected chi connectivity index (χ1v) is 10.00. The molecule has 0 bridgehead atoms. The van der Waals surface area contributed by atoms with Gasteiger partial charge in [-0.25, -0.2) is 4.79 Å². The van der Waals surface area contributed by atoms with E-state index in [1.807, 2.05) is 0 Å². The van der Waals surface area contributed by atoms with Gasteiger partial charge in [-0.1, -0.05) is 13.8 Å². The second-order valence-corrected chi connectivity index (χ2v) is 7.52. The van der Waals surface area contributed by atoms with Crippen molar-refractivity contribution in [1.29, 1.82) is 0 Å². The fraction of sp³-hybridized carbons (Fsp3) is 0.647. The Morgan fingerprint density at radius 3 is 1.84 bits per heavy atom. The summed E-state index contributed by atoms with van der Waals surface area (Å²) in [6.07, 6.45) is -0.751. The number of aliphatic carboxylic acids is 1. The lowest BCUT2D eigenvalue weighted by molar-refractivity contribution is -0.143. The summed E-state index contributed by atoms with van der Waals surface area (Å²) in [4.78, 5) is 70.1. The van der Waals surface area contributed by atoms with E-state index in [0.717, 1.165) is 0 Å². The number of primary amides is 2. The Morgan fingerprint density at radius 1 is 0.871 bits per heavy atom. The van der Waals surface area contributed by atoms with Gasteiger partial charge in [-0.05, 0) is 12.3 Å². The van der Waals surface area contributed by atoms with Gasteiger partial charge in [0.2, 0.25) is 29.5 Å². The number of hydrogen-bond donors (Lipinski definition) is 8. The van der Waals surface area contributed by atoms with Crippen molar-refractivity contribution in [2.24, 2.45) is 23.1 Å². The highest BCUT2D eigenvalue weighted by Gasteiger charge is 2.31. The molecular formula is C17H30N6O7S. The summed E-state index contributed by atoms with van der Waals surface area (Å²) >= 11 is 3.98. The number of nitrogens with one attached hydrogen (secondary N) is 3. The van der Waals surface area contributed by atoms with E-state index >= 15 is 0 Å². The van der Waals surface area contributed by atoms with Crippen LogP contribution in [0, 0.1) is 5.92 Å². The quantitative estimate of drug-likeness (QED) is 0.121. The van der Waals surface area contributed by atoms with Gasteiger partial charge in [-0.15, -0.1) is 0 Å². The van der Waals surface area contributed by atoms with Gasteiger partial charge >= 0.3 is 5.97 Å². The highest BCUT2D eigenvalue weighted by molar-refractivity contribution is 7.80. The molecule has 0 fully saturated rings. The van der Waals surface area contributed by atoms with Crippen molar-refractivity contribution >= 4 is 48.1 Å². The van der Waals surface area contributed by atoms with Crippen LogP contribution in [0.4, 0.5) is 0 Å². The lowest BCUT2D eigenvalue weighted by Crippen LogP contribution is -2.59. The molecule has 5 amide bonds. The molecule has 0 rings (SSSR count). The van der Waals surface area contributed by atoms with Crippen molar-refractivity contribution in [2.75, 3.05) is 5.75 Å². The maximum Gasteiger partial charge on any atom is 0.326 e. The molecule has 0 aliphatic heterocycles. The zero-order valence-corrected chi connectivity index (χ0v) is 18.2. The lowest BCUT2D eigenvalue weighted by atomic mass is 10.0. The summed E-state index contributed by atoms with van der Waals surface area (Å²) in [5.41, 5.74) is 15.7. The third-order valence-electron chi connectivity index (χ3n) is 4.12. The van der Waals surface area contributed by atoms with E-state index in [9.17, 15) is 28.8 Å². The largest absolute Gasteiger partial charge is 0.480 e. The molecule has 0 spiro atoms. The van der Waals surface area contributed by atoms with Crippen LogP contribution >= 0.6 is 12.6 Å². The van der Waals surface area contributed by atoms with Crippen LogP contribution in [-0.2, 0) is 28.8 Å². The predicted molar refractivity (Wildman–Crippen MR) is 112 cm³/mol. The van der Waals surface area contributed by atoms with E-state index in [0.29, 0.717) is 0 Å². The minimum atomic E-state index is -1.58. The van der Waals surface area contributed by atoms with Gasteiger partial charge in [-0.2, -0.15) is 12.6 Å². The standard InChI is InChI=1S/C17H30N6O7S/c1-7(2)13(23-14(26)8(18)3-4-11(19)24)16(28)22-10(6-31)15(27)21-9(17(29)30)5-12(20)25/h7-10,13,31H,3-6,18H2,1-2H3,(H2,19,24)(H2,20,25)(H,21,27)(H,22,28)(H,23,26)(H,29,30). The minimum Gasteiger partial charge on any atom is -0.480 e. The number of carbonyl (C=O) groups is 6. The number of carboxylic acids is 1. The summed E-state index contributed by atoms with van der Waals surface area (Å²) in [6, 6.07) is -4.99. The van der Waals surface area contributed by atoms with Crippen molar-refractivity contribution in [2.45, 2.75) is 57.3 Å². The molecule has 0 heterocycles. The van der Waals surface area contributed by atoms with Crippen molar-refractivity contribution < 1.29 is 33.9 Å². The third-order valence-corrected chi connectivity index (χ3v) is 4.49. The van der Waals surface area contributed by atoms with Gasteiger partial charge in [0, 0.05) is 12.2 Å². The molecule has 0 aromatic carbocycles. The molecule has 0 saturated heterocycles. The summed E-state index contributed by atoms with van der Waals surface area (Å²) in [6.45, 7) is 3.28. The number of thiol groups is 1. The monoisotopic (exact) mass is 462 g/mol. The van der Waals surface area contributed by atoms with Gasteiger partial charge in [0.1, 0.15) is 18.1 Å². The average Bonchev–Trinajstić information content (AvgIpc) is 2.66. The van der Waals surface area contributed by atoms with E-state index in [-0.39, 0.29) is 18.6 Å². The summed E-state index contributed by atoms with van der Waals surface area (Å²) in [5, 5.41) is 16.0. The van der Waals surface area contributed by atoms with Gasteiger partial charge in [0.25, 0.3) is 0 Å². The van der Waals surface area contributed by atoms with E-state index in [1.54, 1.807) is 13.8 Å². The molecule has 0 radical (unpaired) electrons. The van der Waals surface area contributed by atoms with Gasteiger partial charge in [0.05, 0.1) is 12.5 Å². The average molecular weight is 463 g/mol. The number of amides is 5. The molecule has 31 heavy (non-hydrogen) atoms. The molecule has 4 unspecified atom stereocenters. The van der Waals surface area contributed by atoms with Crippen LogP contribution in [0.2, 0.25) is 0 Å². The third kappa shape index (κ3) is 10.6. The Kier molecular flexibility index (Phi) is 12.2. The maximum absolute atomic E-state index is 12.6. The first-order chi connectivity index (χ1) is 14.3. The molecule has 0 aromatic heterocycles. The van der Waals surface area contributed by atoms with E-state index < -0.39 is 72.0 Å². The van der Waals surface area contributed by atoms with Crippen LogP contribution in [0.1, 0.15) is 33.1 Å². The Balaban J connectivity index is 5.15. The van der Waals surface area contributed by atoms with E-state index in [1.165, 1.54) is 0 Å². The second-order valence-electron chi connectivity index (χ2n) is 7.16. The van der Waals surface area contributed by atoms with E-state index in [4.69, 9.17) is 22.3 Å². The molecule has 13 nitrogen and oxygen atoms in total. The second kappa shape index (κ2) is 13.4. The van der Waals surface area contributed by atoms with Crippen molar-refractivity contribution in [3.8, 4) is 0 Å². The highest BCUT2D eigenvalue weighted by atomic mass is 32.1.